The fourth-order valence-corrected chi connectivity index (χ4v) is 7.96. The van der Waals surface area contributed by atoms with Gasteiger partial charge in [0.05, 0.1) is 33.3 Å². The molecule has 46 heavy (non-hydrogen) atoms. The van der Waals surface area contributed by atoms with Crippen LogP contribution in [0.4, 0.5) is 0 Å². The highest BCUT2D eigenvalue weighted by molar-refractivity contribution is 6.19. The minimum atomic E-state index is 0.715. The lowest BCUT2D eigenvalue weighted by atomic mass is 9.87. The van der Waals surface area contributed by atoms with Crippen molar-refractivity contribution in [1.82, 2.24) is 19.1 Å². The molecular formula is C42H28N4. The van der Waals surface area contributed by atoms with Crippen molar-refractivity contribution in [2.24, 2.45) is 0 Å². The smallest absolute Gasteiger partial charge is 0.235 e. The van der Waals surface area contributed by atoms with Crippen molar-refractivity contribution < 1.29 is 0 Å². The molecule has 0 fully saturated rings. The maximum atomic E-state index is 5.36. The molecule has 0 aliphatic heterocycles. The lowest BCUT2D eigenvalue weighted by molar-refractivity contribution is 0.842. The Bertz CT molecular complexity index is 2730. The second-order valence-electron chi connectivity index (χ2n) is 12.9. The molecule has 4 nitrogen and oxygen atoms in total. The average Bonchev–Trinajstić information content (AvgIpc) is 3.56. The Kier molecular flexibility index (Phi) is 4.76. The van der Waals surface area contributed by atoms with E-state index in [1.54, 1.807) is 0 Å². The molecule has 0 saturated carbocycles. The van der Waals surface area contributed by atoms with Crippen molar-refractivity contribution in [1.29, 1.82) is 0 Å². The molecule has 0 bridgehead atoms. The Morgan fingerprint density at radius 1 is 0.413 bits per heavy atom. The van der Waals surface area contributed by atoms with Crippen molar-refractivity contribution in [2.45, 2.75) is 25.7 Å². The van der Waals surface area contributed by atoms with Crippen LogP contribution in [0.15, 0.2) is 121 Å². The summed E-state index contributed by atoms with van der Waals surface area (Å²) in [4.78, 5) is 10.6. The van der Waals surface area contributed by atoms with E-state index in [2.05, 4.69) is 130 Å². The van der Waals surface area contributed by atoms with Gasteiger partial charge < -0.3 is 4.57 Å². The van der Waals surface area contributed by atoms with Gasteiger partial charge in [0.2, 0.25) is 5.95 Å². The van der Waals surface area contributed by atoms with Crippen LogP contribution in [0.2, 0.25) is 0 Å². The monoisotopic (exact) mass is 588 g/mol. The molecule has 4 heteroatoms. The van der Waals surface area contributed by atoms with Crippen LogP contribution in [0.1, 0.15) is 22.3 Å². The molecule has 3 heterocycles. The molecular weight excluding hydrogens is 560 g/mol. The molecule has 0 atom stereocenters. The summed E-state index contributed by atoms with van der Waals surface area (Å²) in [7, 11) is 0. The van der Waals surface area contributed by atoms with Crippen LogP contribution in [0.3, 0.4) is 0 Å². The summed E-state index contributed by atoms with van der Waals surface area (Å²) in [6.07, 6.45) is 4.58. The van der Waals surface area contributed by atoms with Crippen molar-refractivity contribution in [3.8, 4) is 22.9 Å². The third-order valence-electron chi connectivity index (χ3n) is 10.5. The number of aromatic nitrogens is 4. The van der Waals surface area contributed by atoms with Crippen molar-refractivity contribution in [2.75, 3.05) is 0 Å². The number of nitrogens with zero attached hydrogens (tertiary/aromatic N) is 4. The van der Waals surface area contributed by atoms with Gasteiger partial charge in [-0.15, -0.1) is 0 Å². The Balaban J connectivity index is 1.30. The largest absolute Gasteiger partial charge is 0.309 e. The van der Waals surface area contributed by atoms with Gasteiger partial charge in [0.15, 0.2) is 0 Å². The fourth-order valence-electron chi connectivity index (χ4n) is 7.96. The maximum Gasteiger partial charge on any atom is 0.235 e. The Morgan fingerprint density at radius 2 is 0.913 bits per heavy atom. The van der Waals surface area contributed by atoms with Gasteiger partial charge in [0.1, 0.15) is 0 Å². The van der Waals surface area contributed by atoms with Crippen LogP contribution in [0.5, 0.6) is 0 Å². The molecule has 6 aromatic carbocycles. The molecule has 0 spiro atoms. The average molecular weight is 589 g/mol. The van der Waals surface area contributed by atoms with Crippen LogP contribution in [-0.4, -0.2) is 19.1 Å². The van der Waals surface area contributed by atoms with E-state index in [0.29, 0.717) is 5.95 Å². The van der Waals surface area contributed by atoms with Gasteiger partial charge in [-0.1, -0.05) is 66.7 Å². The van der Waals surface area contributed by atoms with Crippen LogP contribution >= 0.6 is 0 Å². The fraction of sp³-hybridized carbons (Fsp3) is 0.0952. The van der Waals surface area contributed by atoms with Crippen molar-refractivity contribution >= 4 is 54.5 Å². The molecule has 216 valence electrons. The summed E-state index contributed by atoms with van der Waals surface area (Å²) in [5.74, 6) is 0.715. The molecule has 0 unspecified atom stereocenters. The van der Waals surface area contributed by atoms with E-state index in [9.17, 15) is 0 Å². The van der Waals surface area contributed by atoms with Crippen LogP contribution in [-0.2, 0) is 25.7 Å². The van der Waals surface area contributed by atoms with Gasteiger partial charge >= 0.3 is 0 Å². The summed E-state index contributed by atoms with van der Waals surface area (Å²) in [5, 5.41) is 6.15. The zero-order valence-electron chi connectivity index (χ0n) is 25.2. The van der Waals surface area contributed by atoms with Crippen LogP contribution < -0.4 is 0 Å². The van der Waals surface area contributed by atoms with Crippen LogP contribution in [0.25, 0.3) is 77.4 Å². The summed E-state index contributed by atoms with van der Waals surface area (Å²) in [6.45, 7) is 0. The highest BCUT2D eigenvalue weighted by atomic mass is 15.2. The van der Waals surface area contributed by atoms with Crippen LogP contribution in [0, 0.1) is 0 Å². The van der Waals surface area contributed by atoms with Crippen molar-refractivity contribution in [3.63, 3.8) is 0 Å². The third kappa shape index (κ3) is 3.28. The first-order chi connectivity index (χ1) is 22.8. The normalized spacial score (nSPS) is 13.7. The predicted octanol–water partition coefficient (Wildman–Crippen LogP) is 9.69. The van der Waals surface area contributed by atoms with Crippen molar-refractivity contribution in [3.05, 3.63) is 144 Å². The summed E-state index contributed by atoms with van der Waals surface area (Å²) in [6, 6.07) is 44.3. The topological polar surface area (TPSA) is 35.6 Å². The lowest BCUT2D eigenvalue weighted by Gasteiger charge is -2.19. The first-order valence-corrected chi connectivity index (χ1v) is 16.3. The molecule has 9 aromatic rings. The van der Waals surface area contributed by atoms with E-state index >= 15 is 0 Å². The Morgan fingerprint density at radius 3 is 1.57 bits per heavy atom. The van der Waals surface area contributed by atoms with Gasteiger partial charge in [-0.3, -0.25) is 4.57 Å². The molecule has 11 rings (SSSR count). The second-order valence-corrected chi connectivity index (χ2v) is 12.9. The summed E-state index contributed by atoms with van der Waals surface area (Å²) < 4.78 is 4.79. The SMILES string of the molecule is c1ccc(-c2nc(-n3c4cc5c(cc4c4cc6c(cc43)c3cc4c(cc3n6-c3ccccc3)CC4)CC5)nc3ccccc23)cc1. The Labute approximate surface area is 265 Å². The minimum Gasteiger partial charge on any atom is -0.309 e. The van der Waals surface area contributed by atoms with Gasteiger partial charge in [0.25, 0.3) is 0 Å². The number of benzene rings is 6. The predicted molar refractivity (Wildman–Crippen MR) is 188 cm³/mol. The Hall–Kier alpha value is -5.74. The first-order valence-electron chi connectivity index (χ1n) is 16.3. The van der Waals surface area contributed by atoms with Gasteiger partial charge in [-0.25, -0.2) is 9.97 Å². The standard InChI is InChI=1S/C42H28N4/c1-3-9-25(10-4-1)41-31-13-7-8-14-36(31)43-42(44-41)46-38-22-29-18-16-27(29)20-33(38)35-23-39-34(24-40(35)46)32-19-26-15-17-28(26)21-37(32)45(39)30-11-5-2-6-12-30/h1-14,19-24H,15-18H2. The first kappa shape index (κ1) is 24.6. The lowest BCUT2D eigenvalue weighted by Crippen LogP contribution is -2.09. The number of hydrogen-bond donors (Lipinski definition) is 0. The molecule has 0 amide bonds. The highest BCUT2D eigenvalue weighted by Gasteiger charge is 2.25. The molecule has 0 N–H and O–H groups in total. The molecule has 0 radical (unpaired) electrons. The van der Waals surface area contributed by atoms with E-state index in [4.69, 9.17) is 9.97 Å². The second kappa shape index (κ2) is 8.92. The van der Waals surface area contributed by atoms with E-state index in [0.717, 1.165) is 53.4 Å². The van der Waals surface area contributed by atoms with E-state index in [-0.39, 0.29) is 0 Å². The van der Waals surface area contributed by atoms with E-state index < -0.39 is 0 Å². The molecule has 2 aliphatic carbocycles. The van der Waals surface area contributed by atoms with Gasteiger partial charge in [-0.2, -0.15) is 0 Å². The van der Waals surface area contributed by atoms with E-state index in [1.165, 1.54) is 66.0 Å². The number of rotatable bonds is 3. The zero-order chi connectivity index (χ0) is 29.9. The zero-order valence-corrected chi connectivity index (χ0v) is 25.2. The number of fused-ring (bicyclic) bond motifs is 9. The quantitative estimate of drug-likeness (QED) is 0.206. The van der Waals surface area contributed by atoms with E-state index in [1.807, 2.05) is 0 Å². The van der Waals surface area contributed by atoms with Gasteiger partial charge in [-0.05, 0) is 103 Å². The van der Waals surface area contributed by atoms with Gasteiger partial charge in [0, 0.05) is 38.2 Å². The molecule has 3 aromatic heterocycles. The highest BCUT2D eigenvalue weighted by Crippen LogP contribution is 2.43. The maximum absolute atomic E-state index is 5.36. The third-order valence-corrected chi connectivity index (χ3v) is 10.5. The molecule has 0 saturated heterocycles. The number of hydrogen-bond acceptors (Lipinski definition) is 2. The number of aryl methyl sites for hydroxylation is 4. The summed E-state index contributed by atoms with van der Waals surface area (Å²) in [5.41, 5.74) is 14.9. The molecule has 2 aliphatic rings. The summed E-state index contributed by atoms with van der Waals surface area (Å²) >= 11 is 0. The minimum absolute atomic E-state index is 0.715. The number of para-hydroxylation sites is 2.